The molecule has 2 nitrogen and oxygen atoms in total. The maximum Gasteiger partial charge on any atom is 0.0648 e. The van der Waals surface area contributed by atoms with Crippen molar-refractivity contribution in [2.45, 2.75) is 33.1 Å². The van der Waals surface area contributed by atoms with Gasteiger partial charge < -0.3 is 0 Å². The summed E-state index contributed by atoms with van der Waals surface area (Å²) in [5.74, 6) is 0. The van der Waals surface area contributed by atoms with Crippen molar-refractivity contribution < 1.29 is 0 Å². The molecule has 0 saturated carbocycles. The van der Waals surface area contributed by atoms with Crippen LogP contribution < -0.4 is 0 Å². The number of aromatic nitrogens is 2. The van der Waals surface area contributed by atoms with E-state index in [1.54, 1.807) is 0 Å². The summed E-state index contributed by atoms with van der Waals surface area (Å²) in [7, 11) is 0. The van der Waals surface area contributed by atoms with Crippen LogP contribution in [0.1, 0.15) is 31.9 Å². The number of aryl methyl sites for hydroxylation is 1. The number of benzene rings is 1. The molecule has 2 heteroatoms. The largest absolute Gasteiger partial charge is 0.241 e. The number of nitrogens with zero attached hydrogens (tertiary/aromatic N) is 2. The Morgan fingerprint density at radius 1 is 1.19 bits per heavy atom. The molecule has 0 N–H and O–H groups in total. The monoisotopic (exact) mass is 214 g/mol. The van der Waals surface area contributed by atoms with E-state index in [0.29, 0.717) is 0 Å². The van der Waals surface area contributed by atoms with Crippen molar-refractivity contribution in [2.24, 2.45) is 0 Å². The summed E-state index contributed by atoms with van der Waals surface area (Å²) >= 11 is 0. The summed E-state index contributed by atoms with van der Waals surface area (Å²) in [5, 5.41) is 4.33. The fraction of sp³-hybridized carbons (Fsp3) is 0.357. The van der Waals surface area contributed by atoms with E-state index in [1.807, 2.05) is 17.1 Å². The van der Waals surface area contributed by atoms with Gasteiger partial charge in [-0.3, -0.25) is 0 Å². The molecule has 0 aliphatic heterocycles. The second kappa shape index (κ2) is 3.78. The van der Waals surface area contributed by atoms with Gasteiger partial charge in [0, 0.05) is 6.20 Å². The van der Waals surface area contributed by atoms with Gasteiger partial charge in [0.2, 0.25) is 0 Å². The van der Waals surface area contributed by atoms with Crippen molar-refractivity contribution in [3.63, 3.8) is 0 Å². The summed E-state index contributed by atoms with van der Waals surface area (Å²) in [5.41, 5.74) is 3.82. The standard InChI is InChI=1S/C14H18N2/c1-11-9-15-16(10-11)13-7-5-6-12(8-13)14(2,3)4/h5-10H,1-4H3. The highest BCUT2D eigenvalue weighted by Gasteiger charge is 2.13. The Labute approximate surface area is 96.9 Å². The molecule has 2 aromatic rings. The van der Waals surface area contributed by atoms with Crippen molar-refractivity contribution in [3.05, 3.63) is 47.8 Å². The van der Waals surface area contributed by atoms with Gasteiger partial charge in [-0.2, -0.15) is 5.10 Å². The van der Waals surface area contributed by atoms with Gasteiger partial charge in [-0.15, -0.1) is 0 Å². The second-order valence-electron chi connectivity index (χ2n) is 5.26. The van der Waals surface area contributed by atoms with Gasteiger partial charge in [0.1, 0.15) is 0 Å². The molecule has 16 heavy (non-hydrogen) atoms. The van der Waals surface area contributed by atoms with Crippen LogP contribution in [-0.2, 0) is 5.41 Å². The van der Waals surface area contributed by atoms with Gasteiger partial charge in [0.05, 0.1) is 11.9 Å². The Kier molecular flexibility index (Phi) is 2.58. The van der Waals surface area contributed by atoms with E-state index in [-0.39, 0.29) is 5.41 Å². The lowest BCUT2D eigenvalue weighted by Crippen LogP contribution is -2.11. The maximum absolute atomic E-state index is 4.33. The molecule has 0 unspecified atom stereocenters. The van der Waals surface area contributed by atoms with Crippen LogP contribution in [0.5, 0.6) is 0 Å². The average Bonchev–Trinajstić information content (AvgIpc) is 2.64. The minimum atomic E-state index is 0.179. The summed E-state index contributed by atoms with van der Waals surface area (Å²) in [6.45, 7) is 8.72. The minimum absolute atomic E-state index is 0.179. The molecule has 0 aliphatic carbocycles. The zero-order valence-electron chi connectivity index (χ0n) is 10.4. The Morgan fingerprint density at radius 3 is 2.50 bits per heavy atom. The summed E-state index contributed by atoms with van der Waals surface area (Å²) in [6.07, 6.45) is 3.92. The van der Waals surface area contributed by atoms with Crippen LogP contribution in [0.4, 0.5) is 0 Å². The summed E-state index contributed by atoms with van der Waals surface area (Å²) in [6, 6.07) is 8.54. The molecule has 0 atom stereocenters. The van der Waals surface area contributed by atoms with E-state index >= 15 is 0 Å². The van der Waals surface area contributed by atoms with Crippen LogP contribution >= 0.6 is 0 Å². The molecule has 0 saturated heterocycles. The second-order valence-corrected chi connectivity index (χ2v) is 5.26. The molecule has 0 amide bonds. The van der Waals surface area contributed by atoms with Crippen LogP contribution in [0.25, 0.3) is 5.69 Å². The molecule has 0 fully saturated rings. The van der Waals surface area contributed by atoms with Gasteiger partial charge in [-0.05, 0) is 35.6 Å². The first-order chi connectivity index (χ1) is 7.47. The van der Waals surface area contributed by atoms with Crippen LogP contribution in [0.15, 0.2) is 36.7 Å². The van der Waals surface area contributed by atoms with Crippen LogP contribution in [0, 0.1) is 6.92 Å². The molecule has 0 radical (unpaired) electrons. The fourth-order valence-corrected chi connectivity index (χ4v) is 1.67. The van der Waals surface area contributed by atoms with E-state index in [0.717, 1.165) is 5.69 Å². The normalized spacial score (nSPS) is 11.8. The SMILES string of the molecule is Cc1cnn(-c2cccc(C(C)(C)C)c2)c1. The molecule has 0 aliphatic rings. The van der Waals surface area contributed by atoms with Crippen molar-refractivity contribution in [3.8, 4) is 5.69 Å². The first-order valence-corrected chi connectivity index (χ1v) is 5.59. The third-order valence-electron chi connectivity index (χ3n) is 2.69. The minimum Gasteiger partial charge on any atom is -0.241 e. The highest BCUT2D eigenvalue weighted by molar-refractivity contribution is 5.38. The smallest absolute Gasteiger partial charge is 0.0648 e. The number of hydrogen-bond donors (Lipinski definition) is 0. The number of hydrogen-bond acceptors (Lipinski definition) is 1. The molecular weight excluding hydrogens is 196 g/mol. The highest BCUT2D eigenvalue weighted by atomic mass is 15.3. The predicted molar refractivity (Wildman–Crippen MR) is 67.0 cm³/mol. The topological polar surface area (TPSA) is 17.8 Å². The predicted octanol–water partition coefficient (Wildman–Crippen LogP) is 3.48. The Bertz CT molecular complexity index is 489. The molecule has 1 heterocycles. The van der Waals surface area contributed by atoms with Gasteiger partial charge in [0.25, 0.3) is 0 Å². The van der Waals surface area contributed by atoms with Crippen molar-refractivity contribution in [1.29, 1.82) is 0 Å². The Hall–Kier alpha value is -1.57. The summed E-state index contributed by atoms with van der Waals surface area (Å²) in [4.78, 5) is 0. The Morgan fingerprint density at radius 2 is 1.94 bits per heavy atom. The lowest BCUT2D eigenvalue weighted by Gasteiger charge is -2.19. The first-order valence-electron chi connectivity index (χ1n) is 5.59. The lowest BCUT2D eigenvalue weighted by atomic mass is 9.87. The van der Waals surface area contributed by atoms with E-state index in [4.69, 9.17) is 0 Å². The lowest BCUT2D eigenvalue weighted by molar-refractivity contribution is 0.589. The first kappa shape index (κ1) is 10.9. The quantitative estimate of drug-likeness (QED) is 0.710. The molecule has 84 valence electrons. The molecule has 1 aromatic carbocycles. The van der Waals surface area contributed by atoms with Gasteiger partial charge in [-0.1, -0.05) is 32.9 Å². The van der Waals surface area contributed by atoms with Crippen molar-refractivity contribution in [2.75, 3.05) is 0 Å². The summed E-state index contributed by atoms with van der Waals surface area (Å²) < 4.78 is 1.92. The van der Waals surface area contributed by atoms with Crippen LogP contribution in [0.3, 0.4) is 0 Å². The molecule has 0 bridgehead atoms. The zero-order valence-corrected chi connectivity index (χ0v) is 10.4. The van der Waals surface area contributed by atoms with Gasteiger partial charge in [-0.25, -0.2) is 4.68 Å². The molecular formula is C14H18N2. The third kappa shape index (κ3) is 2.16. The maximum atomic E-state index is 4.33. The van der Waals surface area contributed by atoms with Crippen LogP contribution in [0.2, 0.25) is 0 Å². The third-order valence-corrected chi connectivity index (χ3v) is 2.69. The van der Waals surface area contributed by atoms with Gasteiger partial charge in [0.15, 0.2) is 0 Å². The van der Waals surface area contributed by atoms with E-state index in [2.05, 4.69) is 57.1 Å². The molecule has 2 rings (SSSR count). The molecule has 1 aromatic heterocycles. The van der Waals surface area contributed by atoms with Gasteiger partial charge >= 0.3 is 0 Å². The zero-order chi connectivity index (χ0) is 11.8. The van der Waals surface area contributed by atoms with E-state index in [9.17, 15) is 0 Å². The average molecular weight is 214 g/mol. The Balaban J connectivity index is 2.44. The van der Waals surface area contributed by atoms with E-state index in [1.165, 1.54) is 11.1 Å². The van der Waals surface area contributed by atoms with E-state index < -0.39 is 0 Å². The van der Waals surface area contributed by atoms with Crippen molar-refractivity contribution >= 4 is 0 Å². The van der Waals surface area contributed by atoms with Crippen molar-refractivity contribution in [1.82, 2.24) is 9.78 Å². The fourth-order valence-electron chi connectivity index (χ4n) is 1.67. The van der Waals surface area contributed by atoms with Crippen LogP contribution in [-0.4, -0.2) is 9.78 Å². The number of rotatable bonds is 1. The highest BCUT2D eigenvalue weighted by Crippen LogP contribution is 2.23. The molecule has 0 spiro atoms.